The number of rotatable bonds is 3. The molecular formula is C8H15NO. The molecule has 2 heteroatoms. The maximum Gasteiger partial charge on any atom is 0.0643 e. The van der Waals surface area contributed by atoms with Crippen molar-refractivity contribution in [3.8, 4) is 0 Å². The Kier molecular flexibility index (Phi) is 1.66. The van der Waals surface area contributed by atoms with Crippen LogP contribution in [-0.4, -0.2) is 25.3 Å². The predicted octanol–water partition coefficient (Wildman–Crippen LogP) is 0.773. The minimum Gasteiger partial charge on any atom is -0.378 e. The third-order valence-corrected chi connectivity index (χ3v) is 2.53. The molecule has 2 atom stereocenters. The average molecular weight is 141 g/mol. The molecule has 2 unspecified atom stereocenters. The zero-order chi connectivity index (χ0) is 6.97. The van der Waals surface area contributed by atoms with Crippen molar-refractivity contribution in [1.82, 2.24) is 5.32 Å². The lowest BCUT2D eigenvalue weighted by atomic mass is 10.2. The van der Waals surface area contributed by atoms with E-state index in [-0.39, 0.29) is 0 Å². The van der Waals surface area contributed by atoms with Gasteiger partial charge in [0.2, 0.25) is 0 Å². The molecule has 0 spiro atoms. The van der Waals surface area contributed by atoms with Gasteiger partial charge in [-0.25, -0.2) is 0 Å². The summed E-state index contributed by atoms with van der Waals surface area (Å²) in [5.74, 6) is 0.973. The van der Waals surface area contributed by atoms with E-state index in [0.717, 1.165) is 25.2 Å². The van der Waals surface area contributed by atoms with Crippen LogP contribution in [0.25, 0.3) is 0 Å². The third-order valence-electron chi connectivity index (χ3n) is 2.53. The van der Waals surface area contributed by atoms with Gasteiger partial charge in [0, 0.05) is 6.04 Å². The topological polar surface area (TPSA) is 21.3 Å². The van der Waals surface area contributed by atoms with Crippen LogP contribution in [0.2, 0.25) is 0 Å². The van der Waals surface area contributed by atoms with Crippen molar-refractivity contribution >= 4 is 0 Å². The average Bonchev–Trinajstić information content (AvgIpc) is 2.57. The van der Waals surface area contributed by atoms with E-state index in [1.54, 1.807) is 0 Å². The minimum atomic E-state index is 0.682. The van der Waals surface area contributed by atoms with Crippen LogP contribution >= 0.6 is 0 Å². The highest BCUT2D eigenvalue weighted by Gasteiger charge is 2.37. The van der Waals surface area contributed by atoms with E-state index in [0.29, 0.717) is 6.04 Å². The standard InChI is InChI=1S/C8H15NO/c1-2-6-3-8(6)9-7-4-10-5-7/h6-9H,2-5H2,1H3. The Bertz CT molecular complexity index is 122. The van der Waals surface area contributed by atoms with Crippen LogP contribution in [0.3, 0.4) is 0 Å². The summed E-state index contributed by atoms with van der Waals surface area (Å²) in [5, 5.41) is 3.57. The van der Waals surface area contributed by atoms with E-state index in [1.807, 2.05) is 0 Å². The number of nitrogens with one attached hydrogen (secondary N) is 1. The van der Waals surface area contributed by atoms with Gasteiger partial charge in [-0.05, 0) is 12.3 Å². The van der Waals surface area contributed by atoms with E-state index in [4.69, 9.17) is 4.74 Å². The summed E-state index contributed by atoms with van der Waals surface area (Å²) >= 11 is 0. The van der Waals surface area contributed by atoms with Crippen LogP contribution in [0.15, 0.2) is 0 Å². The largest absolute Gasteiger partial charge is 0.378 e. The highest BCUT2D eigenvalue weighted by molar-refractivity contribution is 4.95. The quantitative estimate of drug-likeness (QED) is 0.627. The number of ether oxygens (including phenoxy) is 1. The van der Waals surface area contributed by atoms with Crippen LogP contribution in [0.1, 0.15) is 19.8 Å². The third kappa shape index (κ3) is 1.18. The van der Waals surface area contributed by atoms with Gasteiger partial charge < -0.3 is 10.1 Å². The van der Waals surface area contributed by atoms with Crippen LogP contribution in [0.4, 0.5) is 0 Å². The van der Waals surface area contributed by atoms with Gasteiger partial charge in [-0.3, -0.25) is 0 Å². The van der Waals surface area contributed by atoms with Gasteiger partial charge in [-0.15, -0.1) is 0 Å². The van der Waals surface area contributed by atoms with Crippen molar-refractivity contribution < 1.29 is 4.74 Å². The van der Waals surface area contributed by atoms with Crippen LogP contribution in [0.5, 0.6) is 0 Å². The zero-order valence-corrected chi connectivity index (χ0v) is 6.47. The smallest absolute Gasteiger partial charge is 0.0643 e. The molecule has 2 nitrogen and oxygen atoms in total. The van der Waals surface area contributed by atoms with E-state index in [1.165, 1.54) is 12.8 Å². The van der Waals surface area contributed by atoms with Gasteiger partial charge in [0.1, 0.15) is 0 Å². The Morgan fingerprint density at radius 1 is 1.50 bits per heavy atom. The Morgan fingerprint density at radius 2 is 2.30 bits per heavy atom. The molecular weight excluding hydrogens is 126 g/mol. The van der Waals surface area contributed by atoms with Gasteiger partial charge in [-0.1, -0.05) is 13.3 Å². The van der Waals surface area contributed by atoms with E-state index in [9.17, 15) is 0 Å². The molecule has 1 heterocycles. The molecule has 0 bridgehead atoms. The monoisotopic (exact) mass is 141 g/mol. The second-order valence-electron chi connectivity index (χ2n) is 3.41. The fourth-order valence-electron chi connectivity index (χ4n) is 1.54. The van der Waals surface area contributed by atoms with Crippen molar-refractivity contribution in [2.45, 2.75) is 31.8 Å². The molecule has 1 saturated heterocycles. The summed E-state index contributed by atoms with van der Waals surface area (Å²) in [6, 6.07) is 1.51. The molecule has 10 heavy (non-hydrogen) atoms. The Morgan fingerprint density at radius 3 is 2.70 bits per heavy atom. The minimum absolute atomic E-state index is 0.682. The van der Waals surface area contributed by atoms with E-state index < -0.39 is 0 Å². The van der Waals surface area contributed by atoms with E-state index in [2.05, 4.69) is 12.2 Å². The van der Waals surface area contributed by atoms with Crippen molar-refractivity contribution in [2.24, 2.45) is 5.92 Å². The highest BCUT2D eigenvalue weighted by atomic mass is 16.5. The summed E-state index contributed by atoms with van der Waals surface area (Å²) in [6.07, 6.45) is 2.73. The normalized spacial score (nSPS) is 39.3. The van der Waals surface area contributed by atoms with Gasteiger partial charge in [0.05, 0.1) is 19.3 Å². The van der Waals surface area contributed by atoms with Gasteiger partial charge in [0.15, 0.2) is 0 Å². The molecule has 0 radical (unpaired) electrons. The Balaban J connectivity index is 1.63. The fraction of sp³-hybridized carbons (Fsp3) is 1.00. The molecule has 1 saturated carbocycles. The van der Waals surface area contributed by atoms with Crippen molar-refractivity contribution in [2.75, 3.05) is 13.2 Å². The lowest BCUT2D eigenvalue weighted by molar-refractivity contribution is -0.00640. The lowest BCUT2D eigenvalue weighted by Crippen LogP contribution is -2.47. The first-order valence-electron chi connectivity index (χ1n) is 4.24. The molecule has 2 fully saturated rings. The van der Waals surface area contributed by atoms with Gasteiger partial charge in [0.25, 0.3) is 0 Å². The second-order valence-corrected chi connectivity index (χ2v) is 3.41. The van der Waals surface area contributed by atoms with Gasteiger partial charge in [-0.2, -0.15) is 0 Å². The fourth-order valence-corrected chi connectivity index (χ4v) is 1.54. The zero-order valence-electron chi connectivity index (χ0n) is 6.47. The SMILES string of the molecule is CCC1CC1NC1COC1. The predicted molar refractivity (Wildman–Crippen MR) is 39.9 cm³/mol. The van der Waals surface area contributed by atoms with Crippen molar-refractivity contribution in [1.29, 1.82) is 0 Å². The highest BCUT2D eigenvalue weighted by Crippen LogP contribution is 2.33. The summed E-state index contributed by atoms with van der Waals surface area (Å²) in [6.45, 7) is 4.14. The van der Waals surface area contributed by atoms with Crippen LogP contribution < -0.4 is 5.32 Å². The number of hydrogen-bond donors (Lipinski definition) is 1. The molecule has 1 aliphatic heterocycles. The molecule has 1 aliphatic carbocycles. The van der Waals surface area contributed by atoms with Crippen LogP contribution in [-0.2, 0) is 4.74 Å². The lowest BCUT2D eigenvalue weighted by Gasteiger charge is -2.27. The maximum absolute atomic E-state index is 5.07. The first kappa shape index (κ1) is 6.62. The molecule has 0 amide bonds. The first-order chi connectivity index (χ1) is 4.90. The molecule has 0 aromatic rings. The number of hydrogen-bond acceptors (Lipinski definition) is 2. The molecule has 2 rings (SSSR count). The first-order valence-corrected chi connectivity index (χ1v) is 4.24. The van der Waals surface area contributed by atoms with Crippen LogP contribution in [0, 0.1) is 5.92 Å². The molecule has 58 valence electrons. The molecule has 0 aromatic heterocycles. The van der Waals surface area contributed by atoms with Crippen molar-refractivity contribution in [3.63, 3.8) is 0 Å². The molecule has 1 N–H and O–H groups in total. The molecule has 0 aromatic carbocycles. The van der Waals surface area contributed by atoms with Crippen molar-refractivity contribution in [3.05, 3.63) is 0 Å². The molecule has 2 aliphatic rings. The second kappa shape index (κ2) is 2.51. The Labute approximate surface area is 61.9 Å². The van der Waals surface area contributed by atoms with Gasteiger partial charge >= 0.3 is 0 Å². The summed E-state index contributed by atoms with van der Waals surface area (Å²) < 4.78 is 5.07. The van der Waals surface area contributed by atoms with E-state index >= 15 is 0 Å². The summed E-state index contributed by atoms with van der Waals surface area (Å²) in [5.41, 5.74) is 0. The summed E-state index contributed by atoms with van der Waals surface area (Å²) in [4.78, 5) is 0. The maximum atomic E-state index is 5.07. The Hall–Kier alpha value is -0.0800. The summed E-state index contributed by atoms with van der Waals surface area (Å²) in [7, 11) is 0.